The number of H-pyrrole nitrogens is 1. The maximum Gasteiger partial charge on any atom is 0.379 e. The smallest absolute Gasteiger partial charge is 0.379 e. The Kier molecular flexibility index (Phi) is 6.94. The van der Waals surface area contributed by atoms with Gasteiger partial charge in [-0.05, 0) is 42.0 Å². The van der Waals surface area contributed by atoms with Crippen LogP contribution in [0.1, 0.15) is 27.6 Å². The number of ether oxygens (including phenoxy) is 6. The predicted molar refractivity (Wildman–Crippen MR) is 140 cm³/mol. The standard InChI is InChI=1S/C28H24N4O8/c1-34-19-10-14(7-8-17(19)39-28(33)18-6-5-9-38-18)22-16(13-29)26(30)40-27-23(22)24(31-32-27)15-11-20(35-2)25(37-4)21(12-15)36-3/h5-12,22H,30H2,1-4H3,(H,31,32)/t22-/m0/s1. The van der Waals surface area contributed by atoms with Gasteiger partial charge in [-0.15, -0.1) is 5.10 Å². The quantitative estimate of drug-likeness (QED) is 0.242. The van der Waals surface area contributed by atoms with Crippen molar-refractivity contribution in [2.45, 2.75) is 5.92 Å². The molecule has 0 spiro atoms. The number of carbonyl (C=O) groups excluding carboxylic acids is 1. The van der Waals surface area contributed by atoms with Crippen molar-refractivity contribution in [3.8, 4) is 52.0 Å². The van der Waals surface area contributed by atoms with Crippen LogP contribution in [-0.4, -0.2) is 44.6 Å². The molecule has 0 saturated carbocycles. The van der Waals surface area contributed by atoms with Crippen molar-refractivity contribution in [1.29, 1.82) is 5.26 Å². The summed E-state index contributed by atoms with van der Waals surface area (Å²) in [5.41, 5.74) is 8.61. The van der Waals surface area contributed by atoms with Crippen LogP contribution in [0.15, 0.2) is 64.6 Å². The summed E-state index contributed by atoms with van der Waals surface area (Å²) >= 11 is 0. The molecule has 1 aliphatic rings. The summed E-state index contributed by atoms with van der Waals surface area (Å²) in [6.07, 6.45) is 1.37. The minimum atomic E-state index is -0.717. The summed E-state index contributed by atoms with van der Waals surface area (Å²) in [6, 6.07) is 13.6. The number of aromatic nitrogens is 2. The van der Waals surface area contributed by atoms with Gasteiger partial charge < -0.3 is 38.6 Å². The lowest BCUT2D eigenvalue weighted by Crippen LogP contribution is -2.21. The molecule has 3 heterocycles. The number of furan rings is 1. The Balaban J connectivity index is 1.63. The SMILES string of the molecule is COc1cc([C@H]2C(C#N)=C(N)Oc3n[nH]c(-c4cc(OC)c(OC)c(OC)c4)c32)ccc1OC(=O)c1ccco1. The van der Waals surface area contributed by atoms with Crippen LogP contribution in [0.5, 0.6) is 34.6 Å². The van der Waals surface area contributed by atoms with Crippen molar-refractivity contribution in [2.24, 2.45) is 5.73 Å². The van der Waals surface area contributed by atoms with Crippen molar-refractivity contribution >= 4 is 5.97 Å². The number of nitrogens with zero attached hydrogens (tertiary/aromatic N) is 2. The largest absolute Gasteiger partial charge is 0.493 e. The van der Waals surface area contributed by atoms with Gasteiger partial charge in [-0.25, -0.2) is 4.79 Å². The molecule has 5 rings (SSSR count). The number of nitrogens with two attached hydrogens (primary N) is 1. The van der Waals surface area contributed by atoms with Gasteiger partial charge in [-0.1, -0.05) is 6.07 Å². The molecular formula is C28H24N4O8. The number of allylic oxidation sites excluding steroid dienone is 1. The normalized spacial score (nSPS) is 14.0. The Morgan fingerprint density at radius 3 is 2.33 bits per heavy atom. The van der Waals surface area contributed by atoms with Crippen LogP contribution >= 0.6 is 0 Å². The first-order chi connectivity index (χ1) is 19.4. The Hall–Kier alpha value is -5.57. The van der Waals surface area contributed by atoms with E-state index >= 15 is 0 Å². The molecule has 3 N–H and O–H groups in total. The number of fused-ring (bicyclic) bond motifs is 1. The summed E-state index contributed by atoms with van der Waals surface area (Å²) in [7, 11) is 5.98. The van der Waals surface area contributed by atoms with Crippen LogP contribution in [0.3, 0.4) is 0 Å². The number of methoxy groups -OCH3 is 4. The molecule has 12 nitrogen and oxygen atoms in total. The van der Waals surface area contributed by atoms with E-state index in [1.165, 1.54) is 40.8 Å². The number of esters is 1. The van der Waals surface area contributed by atoms with Crippen LogP contribution in [0.25, 0.3) is 11.3 Å². The number of nitriles is 1. The van der Waals surface area contributed by atoms with Gasteiger partial charge in [0.2, 0.25) is 23.3 Å². The lowest BCUT2D eigenvalue weighted by Gasteiger charge is -2.25. The van der Waals surface area contributed by atoms with Crippen LogP contribution < -0.4 is 34.2 Å². The molecule has 0 bridgehead atoms. The van der Waals surface area contributed by atoms with Gasteiger partial charge in [-0.3, -0.25) is 5.10 Å². The lowest BCUT2D eigenvalue weighted by atomic mass is 9.83. The van der Waals surface area contributed by atoms with E-state index in [4.69, 9.17) is 38.6 Å². The van der Waals surface area contributed by atoms with E-state index in [0.717, 1.165) is 0 Å². The molecule has 0 radical (unpaired) electrons. The first kappa shape index (κ1) is 26.1. The number of hydrogen-bond donors (Lipinski definition) is 2. The summed E-state index contributed by atoms with van der Waals surface area (Å²) in [4.78, 5) is 12.5. The van der Waals surface area contributed by atoms with E-state index in [1.807, 2.05) is 0 Å². The molecule has 204 valence electrons. The molecule has 0 aliphatic carbocycles. The average molecular weight is 545 g/mol. The Morgan fingerprint density at radius 2 is 1.73 bits per heavy atom. The highest BCUT2D eigenvalue weighted by Crippen LogP contribution is 2.49. The number of hydrogen-bond acceptors (Lipinski definition) is 11. The van der Waals surface area contributed by atoms with Gasteiger partial charge >= 0.3 is 5.97 Å². The van der Waals surface area contributed by atoms with E-state index in [2.05, 4.69) is 16.3 Å². The van der Waals surface area contributed by atoms with Crippen molar-refractivity contribution in [3.05, 3.63) is 77.1 Å². The highest BCUT2D eigenvalue weighted by molar-refractivity contribution is 5.88. The third kappa shape index (κ3) is 4.39. The highest BCUT2D eigenvalue weighted by Gasteiger charge is 2.36. The van der Waals surface area contributed by atoms with Crippen molar-refractivity contribution in [1.82, 2.24) is 10.2 Å². The summed E-state index contributed by atoms with van der Waals surface area (Å²) in [5, 5.41) is 17.4. The number of nitrogens with one attached hydrogen (secondary N) is 1. The topological polar surface area (TPSA) is 164 Å². The third-order valence-electron chi connectivity index (χ3n) is 6.34. The van der Waals surface area contributed by atoms with Crippen molar-refractivity contribution in [3.63, 3.8) is 0 Å². The lowest BCUT2D eigenvalue weighted by molar-refractivity contribution is 0.0696. The van der Waals surface area contributed by atoms with E-state index in [-0.39, 0.29) is 34.6 Å². The van der Waals surface area contributed by atoms with E-state index in [9.17, 15) is 10.1 Å². The summed E-state index contributed by atoms with van der Waals surface area (Å²) in [6.45, 7) is 0. The predicted octanol–water partition coefficient (Wildman–Crippen LogP) is 4.14. The Morgan fingerprint density at radius 1 is 1.00 bits per heavy atom. The first-order valence-electron chi connectivity index (χ1n) is 11.8. The van der Waals surface area contributed by atoms with Crippen molar-refractivity contribution < 1.29 is 37.6 Å². The molecule has 2 aromatic carbocycles. The molecule has 4 aromatic rings. The highest BCUT2D eigenvalue weighted by atomic mass is 16.6. The second-order valence-corrected chi connectivity index (χ2v) is 8.43. The third-order valence-corrected chi connectivity index (χ3v) is 6.34. The minimum Gasteiger partial charge on any atom is -0.493 e. The van der Waals surface area contributed by atoms with Gasteiger partial charge in [0.05, 0.1) is 51.9 Å². The van der Waals surface area contributed by atoms with E-state index in [0.29, 0.717) is 39.6 Å². The zero-order valence-corrected chi connectivity index (χ0v) is 21.9. The van der Waals surface area contributed by atoms with E-state index in [1.54, 1.807) is 36.4 Å². The van der Waals surface area contributed by atoms with Gasteiger partial charge in [0.1, 0.15) is 11.6 Å². The van der Waals surface area contributed by atoms with Crippen LogP contribution in [-0.2, 0) is 0 Å². The van der Waals surface area contributed by atoms with Crippen LogP contribution in [0, 0.1) is 11.3 Å². The molecule has 0 fully saturated rings. The number of rotatable bonds is 8. The van der Waals surface area contributed by atoms with Gasteiger partial charge in [-0.2, -0.15) is 5.26 Å². The molecule has 0 unspecified atom stereocenters. The molecule has 1 aliphatic heterocycles. The molecular weight excluding hydrogens is 520 g/mol. The fraction of sp³-hybridized carbons (Fsp3) is 0.179. The van der Waals surface area contributed by atoms with Crippen LogP contribution in [0.2, 0.25) is 0 Å². The van der Waals surface area contributed by atoms with Crippen LogP contribution in [0.4, 0.5) is 0 Å². The molecule has 40 heavy (non-hydrogen) atoms. The molecule has 2 aromatic heterocycles. The Bertz CT molecular complexity index is 1620. The van der Waals surface area contributed by atoms with E-state index < -0.39 is 11.9 Å². The molecule has 12 heteroatoms. The van der Waals surface area contributed by atoms with Gasteiger partial charge in [0.25, 0.3) is 0 Å². The monoisotopic (exact) mass is 544 g/mol. The maximum atomic E-state index is 12.5. The van der Waals surface area contributed by atoms with Gasteiger partial charge in [0, 0.05) is 5.56 Å². The summed E-state index contributed by atoms with van der Waals surface area (Å²) in [5.74, 6) is 0.412. The minimum absolute atomic E-state index is 0.0380. The molecule has 1 atom stereocenters. The second kappa shape index (κ2) is 10.7. The zero-order chi connectivity index (χ0) is 28.4. The zero-order valence-electron chi connectivity index (χ0n) is 21.9. The average Bonchev–Trinajstić information content (AvgIpc) is 3.66. The Labute approximate surface area is 228 Å². The number of aromatic amines is 1. The molecule has 0 saturated heterocycles. The number of carbonyl (C=O) groups is 1. The second-order valence-electron chi connectivity index (χ2n) is 8.43. The van der Waals surface area contributed by atoms with Gasteiger partial charge in [0.15, 0.2) is 23.0 Å². The summed E-state index contributed by atoms with van der Waals surface area (Å²) < 4.78 is 38.3. The maximum absolute atomic E-state index is 12.5. The fourth-order valence-corrected chi connectivity index (χ4v) is 4.52. The van der Waals surface area contributed by atoms with Crippen molar-refractivity contribution in [2.75, 3.05) is 28.4 Å². The fourth-order valence-electron chi connectivity index (χ4n) is 4.52. The molecule has 0 amide bonds. The first-order valence-corrected chi connectivity index (χ1v) is 11.8. The number of benzene rings is 2.